The van der Waals surface area contributed by atoms with Crippen LogP contribution in [0.15, 0.2) is 73.4 Å². The number of hydrogen-bond donors (Lipinski definition) is 2. The molecule has 0 radical (unpaired) electrons. The van der Waals surface area contributed by atoms with E-state index >= 15 is 0 Å². The van der Waals surface area contributed by atoms with Gasteiger partial charge in [-0.1, -0.05) is 6.07 Å². The maximum Gasteiger partial charge on any atom is 0.159 e. The van der Waals surface area contributed by atoms with Crippen LogP contribution < -0.4 is 0 Å². The van der Waals surface area contributed by atoms with E-state index in [-0.39, 0.29) is 0 Å². The van der Waals surface area contributed by atoms with Crippen molar-refractivity contribution in [3.63, 3.8) is 0 Å². The summed E-state index contributed by atoms with van der Waals surface area (Å²) in [7, 11) is 0. The van der Waals surface area contributed by atoms with Crippen molar-refractivity contribution in [3.8, 4) is 34.2 Å². The molecular formula is C22H14N8. The summed E-state index contributed by atoms with van der Waals surface area (Å²) in [6, 6.07) is 13.5. The Morgan fingerprint density at radius 2 is 1.67 bits per heavy atom. The van der Waals surface area contributed by atoms with Crippen LogP contribution in [0.1, 0.15) is 0 Å². The number of imidazole rings is 1. The monoisotopic (exact) mass is 390 g/mol. The summed E-state index contributed by atoms with van der Waals surface area (Å²) in [6.07, 6.45) is 8.79. The van der Waals surface area contributed by atoms with Gasteiger partial charge in [0.15, 0.2) is 5.82 Å². The number of hydrogen-bond acceptors (Lipinski definition) is 6. The van der Waals surface area contributed by atoms with Gasteiger partial charge < -0.3 is 4.98 Å². The zero-order valence-electron chi connectivity index (χ0n) is 15.6. The summed E-state index contributed by atoms with van der Waals surface area (Å²) in [5.41, 5.74) is 6.54. The van der Waals surface area contributed by atoms with E-state index in [4.69, 9.17) is 4.98 Å². The Morgan fingerprint density at radius 1 is 0.733 bits per heavy atom. The molecule has 0 saturated heterocycles. The molecule has 0 atom stereocenters. The highest BCUT2D eigenvalue weighted by atomic mass is 15.1. The van der Waals surface area contributed by atoms with E-state index in [1.807, 2.05) is 42.5 Å². The molecule has 8 nitrogen and oxygen atoms in total. The third-order valence-corrected chi connectivity index (χ3v) is 4.96. The number of rotatable bonds is 3. The summed E-state index contributed by atoms with van der Waals surface area (Å²) in [5, 5.41) is 8.47. The fraction of sp³-hybridized carbons (Fsp3) is 0. The van der Waals surface area contributed by atoms with Gasteiger partial charge in [0.25, 0.3) is 0 Å². The number of H-pyrrole nitrogens is 2. The van der Waals surface area contributed by atoms with Gasteiger partial charge in [-0.3, -0.25) is 25.0 Å². The van der Waals surface area contributed by atoms with E-state index in [0.29, 0.717) is 5.82 Å². The van der Waals surface area contributed by atoms with Gasteiger partial charge >= 0.3 is 0 Å². The highest BCUT2D eigenvalue weighted by Gasteiger charge is 2.17. The minimum atomic E-state index is 0.660. The molecule has 0 saturated carbocycles. The van der Waals surface area contributed by atoms with Crippen molar-refractivity contribution in [1.82, 2.24) is 40.1 Å². The molecule has 0 aliphatic carbocycles. The third kappa shape index (κ3) is 2.62. The molecule has 30 heavy (non-hydrogen) atoms. The van der Waals surface area contributed by atoms with Crippen molar-refractivity contribution in [3.05, 3.63) is 73.4 Å². The van der Waals surface area contributed by atoms with Crippen LogP contribution in [0, 0.1) is 0 Å². The van der Waals surface area contributed by atoms with E-state index in [9.17, 15) is 0 Å². The maximum absolute atomic E-state index is 4.81. The molecule has 142 valence electrons. The molecule has 6 rings (SSSR count). The van der Waals surface area contributed by atoms with Gasteiger partial charge in [-0.2, -0.15) is 5.10 Å². The van der Waals surface area contributed by atoms with Crippen molar-refractivity contribution in [2.45, 2.75) is 0 Å². The van der Waals surface area contributed by atoms with Gasteiger partial charge in [-0.25, -0.2) is 4.98 Å². The van der Waals surface area contributed by atoms with Crippen molar-refractivity contribution in [2.75, 3.05) is 0 Å². The van der Waals surface area contributed by atoms with Crippen LogP contribution in [0.3, 0.4) is 0 Å². The number of pyridine rings is 4. The Kier molecular flexibility index (Phi) is 3.60. The van der Waals surface area contributed by atoms with Crippen LogP contribution in [0.25, 0.3) is 56.1 Å². The Balaban J connectivity index is 1.52. The van der Waals surface area contributed by atoms with Gasteiger partial charge in [-0.15, -0.1) is 0 Å². The predicted octanol–water partition coefficient (Wildman–Crippen LogP) is 4.02. The summed E-state index contributed by atoms with van der Waals surface area (Å²) >= 11 is 0. The summed E-state index contributed by atoms with van der Waals surface area (Å²) in [4.78, 5) is 25.7. The molecule has 6 aromatic heterocycles. The minimum absolute atomic E-state index is 0.660. The fourth-order valence-electron chi connectivity index (χ4n) is 3.52. The first-order valence-electron chi connectivity index (χ1n) is 9.38. The molecule has 0 spiro atoms. The zero-order chi connectivity index (χ0) is 19.9. The van der Waals surface area contributed by atoms with Crippen LogP contribution in [-0.4, -0.2) is 40.1 Å². The average molecular weight is 390 g/mol. The first-order chi connectivity index (χ1) is 14.9. The van der Waals surface area contributed by atoms with Gasteiger partial charge in [0.05, 0.1) is 28.6 Å². The van der Waals surface area contributed by atoms with Crippen molar-refractivity contribution in [1.29, 1.82) is 0 Å². The second-order valence-corrected chi connectivity index (χ2v) is 6.78. The van der Waals surface area contributed by atoms with E-state index in [2.05, 4.69) is 35.1 Å². The van der Waals surface area contributed by atoms with Crippen LogP contribution in [-0.2, 0) is 0 Å². The summed E-state index contributed by atoms with van der Waals surface area (Å²) in [6.45, 7) is 0. The topological polar surface area (TPSA) is 109 Å². The number of aromatic nitrogens is 8. The quantitative estimate of drug-likeness (QED) is 0.472. The maximum atomic E-state index is 4.81. The summed E-state index contributed by atoms with van der Waals surface area (Å²) in [5.74, 6) is 0.660. The number of aromatic amines is 2. The van der Waals surface area contributed by atoms with Gasteiger partial charge in [0.2, 0.25) is 0 Å². The van der Waals surface area contributed by atoms with E-state index in [1.54, 1.807) is 31.0 Å². The lowest BCUT2D eigenvalue weighted by Gasteiger charge is -2.00. The van der Waals surface area contributed by atoms with Crippen LogP contribution in [0.4, 0.5) is 0 Å². The Morgan fingerprint density at radius 3 is 2.53 bits per heavy atom. The summed E-state index contributed by atoms with van der Waals surface area (Å²) < 4.78 is 0. The first-order valence-corrected chi connectivity index (χ1v) is 9.38. The molecule has 6 aromatic rings. The SMILES string of the molecule is c1ccc(-c2nccc3[nH]c(-c4n[nH]c5cnc(-c6ccncc6)cc45)nc23)nc1. The number of fused-ring (bicyclic) bond motifs is 2. The van der Waals surface area contributed by atoms with Gasteiger partial charge in [0, 0.05) is 35.7 Å². The van der Waals surface area contributed by atoms with Crippen LogP contribution in [0.5, 0.6) is 0 Å². The standard InChI is InChI=1S/C22H14N8/c1-2-7-24-15(3-1)20-21-16(6-10-25-20)27-22(28-21)19-14-11-17(13-4-8-23-9-5-13)26-12-18(14)29-30-19/h1-12H,(H,27,28)(H,29,30). The van der Waals surface area contributed by atoms with Crippen molar-refractivity contribution < 1.29 is 0 Å². The molecule has 8 heteroatoms. The smallest absolute Gasteiger partial charge is 0.159 e. The lowest BCUT2D eigenvalue weighted by molar-refractivity contribution is 1.10. The number of nitrogens with one attached hydrogen (secondary N) is 2. The Hall–Kier alpha value is -4.46. The number of nitrogens with zero attached hydrogens (tertiary/aromatic N) is 6. The van der Waals surface area contributed by atoms with Crippen molar-refractivity contribution >= 4 is 21.9 Å². The third-order valence-electron chi connectivity index (χ3n) is 4.96. The largest absolute Gasteiger partial charge is 0.336 e. The van der Waals surface area contributed by atoms with E-state index in [0.717, 1.165) is 50.3 Å². The van der Waals surface area contributed by atoms with E-state index in [1.165, 1.54) is 0 Å². The molecule has 0 aromatic carbocycles. The Labute approximate surface area is 170 Å². The van der Waals surface area contributed by atoms with Crippen LogP contribution >= 0.6 is 0 Å². The normalized spacial score (nSPS) is 11.3. The highest BCUT2D eigenvalue weighted by Crippen LogP contribution is 2.30. The second kappa shape index (κ2) is 6.56. The second-order valence-electron chi connectivity index (χ2n) is 6.78. The molecule has 0 unspecified atom stereocenters. The molecule has 0 aliphatic rings. The predicted molar refractivity (Wildman–Crippen MR) is 113 cm³/mol. The van der Waals surface area contributed by atoms with Crippen molar-refractivity contribution in [2.24, 2.45) is 0 Å². The average Bonchev–Trinajstić information content (AvgIpc) is 3.43. The molecule has 0 bridgehead atoms. The molecule has 6 heterocycles. The zero-order valence-corrected chi connectivity index (χ0v) is 15.6. The fourth-order valence-corrected chi connectivity index (χ4v) is 3.52. The molecule has 0 amide bonds. The minimum Gasteiger partial charge on any atom is -0.336 e. The lowest BCUT2D eigenvalue weighted by atomic mass is 10.1. The molecule has 2 N–H and O–H groups in total. The van der Waals surface area contributed by atoms with E-state index < -0.39 is 0 Å². The lowest BCUT2D eigenvalue weighted by Crippen LogP contribution is -1.88. The van der Waals surface area contributed by atoms with Crippen LogP contribution in [0.2, 0.25) is 0 Å². The molecule has 0 fully saturated rings. The molecular weight excluding hydrogens is 376 g/mol. The Bertz CT molecular complexity index is 1490. The molecule has 0 aliphatic heterocycles. The highest BCUT2D eigenvalue weighted by molar-refractivity contribution is 5.96. The van der Waals surface area contributed by atoms with Gasteiger partial charge in [-0.05, 0) is 36.4 Å². The first kappa shape index (κ1) is 16.5. The van der Waals surface area contributed by atoms with Gasteiger partial charge in [0.1, 0.15) is 16.9 Å².